The number of hydrogen-bond donors (Lipinski definition) is 2. The van der Waals surface area contributed by atoms with E-state index in [-0.39, 0.29) is 17.4 Å². The van der Waals surface area contributed by atoms with E-state index in [9.17, 15) is 14.0 Å². The summed E-state index contributed by atoms with van der Waals surface area (Å²) >= 11 is 0. The van der Waals surface area contributed by atoms with Gasteiger partial charge in [0.1, 0.15) is 23.4 Å². The summed E-state index contributed by atoms with van der Waals surface area (Å²) in [7, 11) is 0. The van der Waals surface area contributed by atoms with Crippen LogP contribution in [0, 0.1) is 5.82 Å². The maximum absolute atomic E-state index is 14.0. The van der Waals surface area contributed by atoms with E-state index in [1.165, 1.54) is 23.7 Å². The van der Waals surface area contributed by atoms with Gasteiger partial charge in [0.05, 0.1) is 0 Å². The molecule has 0 bridgehead atoms. The van der Waals surface area contributed by atoms with Gasteiger partial charge in [0, 0.05) is 5.92 Å². The van der Waals surface area contributed by atoms with Gasteiger partial charge in [-0.3, -0.25) is 9.59 Å². The molecular weight excluding hydrogens is 303 g/mol. The molecule has 0 saturated carbocycles. The molecule has 0 radical (unpaired) electrons. The Hall–Kier alpha value is -2.77. The molecule has 0 aliphatic carbocycles. The minimum absolute atomic E-state index is 0.111. The molecule has 1 unspecified atom stereocenters. The third-order valence-electron chi connectivity index (χ3n) is 3.15. The summed E-state index contributed by atoms with van der Waals surface area (Å²) in [5.41, 5.74) is 0.175. The maximum atomic E-state index is 14.0. The van der Waals surface area contributed by atoms with Crippen molar-refractivity contribution in [3.05, 3.63) is 41.7 Å². The second-order valence-electron chi connectivity index (χ2n) is 5.34. The van der Waals surface area contributed by atoms with Crippen LogP contribution in [0.1, 0.15) is 43.1 Å². The lowest BCUT2D eigenvalue weighted by Crippen LogP contribution is -2.38. The number of nitrogens with zero attached hydrogens (tertiary/aromatic N) is 3. The summed E-state index contributed by atoms with van der Waals surface area (Å²) in [6.45, 7) is 5.00. The molecule has 0 fully saturated rings. The van der Waals surface area contributed by atoms with Gasteiger partial charge in [-0.1, -0.05) is 26.0 Å². The monoisotopic (exact) mass is 320 g/mol. The number of amides is 1. The highest BCUT2D eigenvalue weighted by Gasteiger charge is 2.23. The zero-order valence-electron chi connectivity index (χ0n) is 12.9. The molecule has 2 rings (SSSR count). The Morgan fingerprint density at radius 3 is 2.48 bits per heavy atom. The van der Waals surface area contributed by atoms with Crippen LogP contribution in [-0.2, 0) is 4.79 Å². The summed E-state index contributed by atoms with van der Waals surface area (Å²) in [5.74, 6) is -2.30. The number of carboxylic acids is 1. The fourth-order valence-electron chi connectivity index (χ4n) is 1.92. The van der Waals surface area contributed by atoms with Crippen molar-refractivity contribution in [1.82, 2.24) is 20.1 Å². The Balaban J connectivity index is 2.42. The van der Waals surface area contributed by atoms with Crippen molar-refractivity contribution in [3.8, 4) is 5.69 Å². The predicted molar refractivity (Wildman–Crippen MR) is 80.0 cm³/mol. The number of halogens is 1. The smallest absolute Gasteiger partial charge is 0.325 e. The number of nitrogens with one attached hydrogen (secondary N) is 1. The van der Waals surface area contributed by atoms with E-state index < -0.39 is 23.7 Å². The number of aliphatic carboxylic acids is 1. The molecule has 1 aromatic carbocycles. The van der Waals surface area contributed by atoms with Crippen molar-refractivity contribution in [2.45, 2.75) is 32.7 Å². The first-order valence-electron chi connectivity index (χ1n) is 7.06. The average Bonchev–Trinajstić information content (AvgIpc) is 2.92. The van der Waals surface area contributed by atoms with Gasteiger partial charge < -0.3 is 10.4 Å². The molecule has 2 aromatic rings. The van der Waals surface area contributed by atoms with E-state index in [0.717, 1.165) is 0 Å². The van der Waals surface area contributed by atoms with Crippen LogP contribution < -0.4 is 5.32 Å². The van der Waals surface area contributed by atoms with Gasteiger partial charge >= 0.3 is 5.97 Å². The fraction of sp³-hybridized carbons (Fsp3) is 0.333. The van der Waals surface area contributed by atoms with Gasteiger partial charge in [-0.05, 0) is 19.1 Å². The second-order valence-corrected chi connectivity index (χ2v) is 5.34. The molecule has 122 valence electrons. The zero-order valence-corrected chi connectivity index (χ0v) is 12.9. The number of carbonyl (C=O) groups excluding carboxylic acids is 1. The van der Waals surface area contributed by atoms with E-state index in [4.69, 9.17) is 5.11 Å². The number of hydrogen-bond acceptors (Lipinski definition) is 4. The summed E-state index contributed by atoms with van der Waals surface area (Å²) in [6, 6.07) is 4.93. The Kier molecular flexibility index (Phi) is 4.73. The number of rotatable bonds is 5. The van der Waals surface area contributed by atoms with Crippen LogP contribution >= 0.6 is 0 Å². The highest BCUT2D eigenvalue weighted by atomic mass is 19.1. The van der Waals surface area contributed by atoms with Gasteiger partial charge in [-0.15, -0.1) is 5.10 Å². The molecule has 23 heavy (non-hydrogen) atoms. The van der Waals surface area contributed by atoms with Crippen LogP contribution in [0.3, 0.4) is 0 Å². The molecule has 1 amide bonds. The van der Waals surface area contributed by atoms with Crippen molar-refractivity contribution >= 4 is 11.9 Å². The molecule has 0 saturated heterocycles. The molecule has 1 heterocycles. The molecule has 8 heteroatoms. The topological polar surface area (TPSA) is 97.1 Å². The number of carbonyl (C=O) groups is 2. The van der Waals surface area contributed by atoms with E-state index in [1.54, 1.807) is 12.1 Å². The van der Waals surface area contributed by atoms with Gasteiger partial charge in [-0.25, -0.2) is 14.1 Å². The van der Waals surface area contributed by atoms with Gasteiger partial charge in [0.15, 0.2) is 0 Å². The molecule has 1 aromatic heterocycles. The molecule has 0 spiro atoms. The Labute approximate surface area is 132 Å². The van der Waals surface area contributed by atoms with Crippen LogP contribution in [0.15, 0.2) is 24.3 Å². The van der Waals surface area contributed by atoms with Crippen LogP contribution in [0.5, 0.6) is 0 Å². The lowest BCUT2D eigenvalue weighted by Gasteiger charge is -2.08. The summed E-state index contributed by atoms with van der Waals surface area (Å²) in [6.07, 6.45) is 0. The number of para-hydroxylation sites is 1. The van der Waals surface area contributed by atoms with Crippen molar-refractivity contribution in [2.24, 2.45) is 0 Å². The fourth-order valence-corrected chi connectivity index (χ4v) is 1.92. The van der Waals surface area contributed by atoms with Crippen molar-refractivity contribution in [1.29, 1.82) is 0 Å². The molecular formula is C15H17FN4O3. The predicted octanol–water partition coefficient (Wildman–Crippen LogP) is 1.73. The van der Waals surface area contributed by atoms with E-state index >= 15 is 0 Å². The Morgan fingerprint density at radius 1 is 1.26 bits per heavy atom. The quantitative estimate of drug-likeness (QED) is 0.874. The first kappa shape index (κ1) is 16.6. The summed E-state index contributed by atoms with van der Waals surface area (Å²) in [4.78, 5) is 27.0. The molecule has 1 atom stereocenters. The molecule has 0 aliphatic heterocycles. The Bertz CT molecular complexity index is 742. The number of carboxylic acid groups (broad SMARTS) is 1. The third-order valence-corrected chi connectivity index (χ3v) is 3.15. The first-order chi connectivity index (χ1) is 10.8. The highest BCUT2D eigenvalue weighted by Crippen LogP contribution is 2.19. The molecule has 0 aliphatic rings. The van der Waals surface area contributed by atoms with E-state index in [0.29, 0.717) is 5.82 Å². The normalized spacial score (nSPS) is 12.2. The molecule has 2 N–H and O–H groups in total. The third kappa shape index (κ3) is 3.53. The van der Waals surface area contributed by atoms with Gasteiger partial charge in [0.2, 0.25) is 5.82 Å². The van der Waals surface area contributed by atoms with Crippen LogP contribution in [0.4, 0.5) is 4.39 Å². The van der Waals surface area contributed by atoms with Gasteiger partial charge in [-0.2, -0.15) is 0 Å². The lowest BCUT2D eigenvalue weighted by molar-refractivity contribution is -0.138. The molecule has 7 nitrogen and oxygen atoms in total. The summed E-state index contributed by atoms with van der Waals surface area (Å²) < 4.78 is 15.2. The number of aromatic nitrogens is 3. The van der Waals surface area contributed by atoms with Crippen LogP contribution in [-0.4, -0.2) is 37.8 Å². The SMILES string of the molecule is CC(NC(=O)c1nc(C(C)C)n(-c2ccccc2F)n1)C(=O)O. The maximum Gasteiger partial charge on any atom is 0.325 e. The van der Waals surface area contributed by atoms with E-state index in [1.807, 2.05) is 13.8 Å². The zero-order chi connectivity index (χ0) is 17.1. The highest BCUT2D eigenvalue weighted by molar-refractivity contribution is 5.93. The largest absolute Gasteiger partial charge is 0.480 e. The minimum Gasteiger partial charge on any atom is -0.480 e. The average molecular weight is 320 g/mol. The van der Waals surface area contributed by atoms with Gasteiger partial charge in [0.25, 0.3) is 5.91 Å². The standard InChI is InChI=1S/C15H17FN4O3/c1-8(2)13-18-12(14(21)17-9(3)15(22)23)19-20(13)11-7-5-4-6-10(11)16/h4-9H,1-3H3,(H,17,21)(H,22,23). The first-order valence-corrected chi connectivity index (χ1v) is 7.06. The number of benzene rings is 1. The second kappa shape index (κ2) is 6.55. The van der Waals surface area contributed by atoms with Crippen molar-refractivity contribution in [3.63, 3.8) is 0 Å². The lowest BCUT2D eigenvalue weighted by atomic mass is 10.2. The van der Waals surface area contributed by atoms with E-state index in [2.05, 4.69) is 15.4 Å². The van der Waals surface area contributed by atoms with Crippen LogP contribution in [0.2, 0.25) is 0 Å². The minimum atomic E-state index is -1.17. The van der Waals surface area contributed by atoms with Crippen LogP contribution in [0.25, 0.3) is 5.69 Å². The van der Waals surface area contributed by atoms with Crippen molar-refractivity contribution < 1.29 is 19.1 Å². The Morgan fingerprint density at radius 2 is 1.91 bits per heavy atom. The summed E-state index contributed by atoms with van der Waals surface area (Å²) in [5, 5.41) is 15.1. The van der Waals surface area contributed by atoms with Crippen molar-refractivity contribution in [2.75, 3.05) is 0 Å².